The zero-order valence-electron chi connectivity index (χ0n) is 14.9. The number of anilines is 1. The fraction of sp³-hybridized carbons (Fsp3) is 0.0870. The van der Waals surface area contributed by atoms with E-state index in [1.807, 2.05) is 72.8 Å². The van der Waals surface area contributed by atoms with Crippen LogP contribution in [0.4, 0.5) is 5.69 Å². The number of rotatable bonds is 6. The van der Waals surface area contributed by atoms with Crippen molar-refractivity contribution in [2.75, 3.05) is 12.3 Å². The smallest absolute Gasteiger partial charge is 0.119 e. The number of hydrogen-bond donors (Lipinski definition) is 2. The number of nitrogens with one attached hydrogen (secondary N) is 1. The van der Waals surface area contributed by atoms with E-state index in [-0.39, 0.29) is 0 Å². The van der Waals surface area contributed by atoms with Crippen molar-refractivity contribution >= 4 is 5.69 Å². The SMILES string of the molecule is Nc1ccccc1-c1cc(-c2cccc(OCCc3ccccc3)c2)n[nH]1. The standard InChI is InChI=1S/C23H21N3O/c24-21-12-5-4-11-20(21)23-16-22(25-26-23)18-9-6-10-19(15-18)27-14-13-17-7-2-1-3-8-17/h1-12,15-16H,13-14,24H2,(H,25,26). The van der Waals surface area contributed by atoms with Crippen molar-refractivity contribution in [1.82, 2.24) is 10.2 Å². The normalized spacial score (nSPS) is 10.7. The van der Waals surface area contributed by atoms with Crippen molar-refractivity contribution in [3.8, 4) is 28.3 Å². The lowest BCUT2D eigenvalue weighted by atomic mass is 10.1. The summed E-state index contributed by atoms with van der Waals surface area (Å²) in [5.74, 6) is 0.840. The first-order valence-electron chi connectivity index (χ1n) is 8.97. The molecule has 134 valence electrons. The minimum absolute atomic E-state index is 0.639. The van der Waals surface area contributed by atoms with Crippen molar-refractivity contribution in [3.05, 3.63) is 90.5 Å². The molecule has 0 amide bonds. The highest BCUT2D eigenvalue weighted by Gasteiger charge is 2.09. The zero-order chi connectivity index (χ0) is 18.5. The lowest BCUT2D eigenvalue weighted by Crippen LogP contribution is -2.01. The fourth-order valence-corrected chi connectivity index (χ4v) is 3.03. The van der Waals surface area contributed by atoms with Crippen LogP contribution in [-0.4, -0.2) is 16.8 Å². The van der Waals surface area contributed by atoms with Crippen molar-refractivity contribution in [2.24, 2.45) is 0 Å². The van der Waals surface area contributed by atoms with E-state index in [0.29, 0.717) is 6.61 Å². The first kappa shape index (κ1) is 16.9. The predicted octanol–water partition coefficient (Wildman–Crippen LogP) is 4.95. The maximum atomic E-state index is 6.06. The molecule has 3 aromatic carbocycles. The molecule has 0 unspecified atom stereocenters. The van der Waals surface area contributed by atoms with Crippen LogP contribution in [0.3, 0.4) is 0 Å². The van der Waals surface area contributed by atoms with E-state index >= 15 is 0 Å². The molecule has 0 atom stereocenters. The van der Waals surface area contributed by atoms with Gasteiger partial charge in [0.05, 0.1) is 18.0 Å². The lowest BCUT2D eigenvalue weighted by Gasteiger charge is -2.07. The van der Waals surface area contributed by atoms with E-state index in [1.54, 1.807) is 0 Å². The van der Waals surface area contributed by atoms with Crippen LogP contribution >= 0.6 is 0 Å². The predicted molar refractivity (Wildman–Crippen MR) is 110 cm³/mol. The molecule has 0 spiro atoms. The van der Waals surface area contributed by atoms with Gasteiger partial charge in [0, 0.05) is 23.2 Å². The summed E-state index contributed by atoms with van der Waals surface area (Å²) in [5.41, 5.74) is 11.8. The number of hydrogen-bond acceptors (Lipinski definition) is 3. The van der Waals surface area contributed by atoms with Gasteiger partial charge in [-0.25, -0.2) is 0 Å². The van der Waals surface area contributed by atoms with Gasteiger partial charge in [-0.15, -0.1) is 0 Å². The van der Waals surface area contributed by atoms with Crippen LogP contribution in [0.1, 0.15) is 5.56 Å². The van der Waals surface area contributed by atoms with Crippen LogP contribution < -0.4 is 10.5 Å². The Kier molecular flexibility index (Phi) is 4.88. The van der Waals surface area contributed by atoms with Crippen molar-refractivity contribution < 1.29 is 4.74 Å². The fourth-order valence-electron chi connectivity index (χ4n) is 3.03. The summed E-state index contributed by atoms with van der Waals surface area (Å²) < 4.78 is 5.92. The van der Waals surface area contributed by atoms with Gasteiger partial charge >= 0.3 is 0 Å². The van der Waals surface area contributed by atoms with E-state index < -0.39 is 0 Å². The van der Waals surface area contributed by atoms with Crippen molar-refractivity contribution in [2.45, 2.75) is 6.42 Å². The first-order valence-corrected chi connectivity index (χ1v) is 8.97. The third kappa shape index (κ3) is 4.01. The number of benzene rings is 3. The molecule has 0 saturated heterocycles. The van der Waals surface area contributed by atoms with Crippen LogP contribution in [0.15, 0.2) is 84.9 Å². The van der Waals surface area contributed by atoms with E-state index in [1.165, 1.54) is 5.56 Å². The third-order valence-electron chi connectivity index (χ3n) is 4.46. The molecule has 4 nitrogen and oxygen atoms in total. The third-order valence-corrected chi connectivity index (χ3v) is 4.46. The highest BCUT2D eigenvalue weighted by Crippen LogP contribution is 2.29. The Morgan fingerprint density at radius 1 is 0.852 bits per heavy atom. The quantitative estimate of drug-likeness (QED) is 0.481. The van der Waals surface area contributed by atoms with Gasteiger partial charge in [0.25, 0.3) is 0 Å². The Balaban J connectivity index is 1.47. The minimum atomic E-state index is 0.639. The molecule has 0 saturated carbocycles. The highest BCUT2D eigenvalue weighted by molar-refractivity contribution is 5.76. The van der Waals surface area contributed by atoms with Crippen molar-refractivity contribution in [1.29, 1.82) is 0 Å². The number of nitrogens with zero attached hydrogens (tertiary/aromatic N) is 1. The monoisotopic (exact) mass is 355 g/mol. The van der Waals surface area contributed by atoms with Crippen LogP contribution in [0.2, 0.25) is 0 Å². The number of para-hydroxylation sites is 1. The van der Waals surface area contributed by atoms with E-state index in [4.69, 9.17) is 10.5 Å². The summed E-state index contributed by atoms with van der Waals surface area (Å²) in [7, 11) is 0. The molecule has 3 N–H and O–H groups in total. The van der Waals surface area contributed by atoms with Crippen LogP contribution in [-0.2, 0) is 6.42 Å². The number of nitrogen functional groups attached to an aromatic ring is 1. The van der Waals surface area contributed by atoms with E-state index in [2.05, 4.69) is 22.3 Å². The molecule has 4 heteroatoms. The number of nitrogens with two attached hydrogens (primary N) is 1. The Morgan fingerprint density at radius 2 is 1.67 bits per heavy atom. The highest BCUT2D eigenvalue weighted by atomic mass is 16.5. The summed E-state index contributed by atoms with van der Waals surface area (Å²) in [6.07, 6.45) is 0.880. The second-order valence-electron chi connectivity index (χ2n) is 6.37. The van der Waals surface area contributed by atoms with E-state index in [9.17, 15) is 0 Å². The van der Waals surface area contributed by atoms with Crippen LogP contribution in [0, 0.1) is 0 Å². The molecule has 0 aliphatic carbocycles. The molecule has 0 fully saturated rings. The molecular formula is C23H21N3O. The molecule has 0 radical (unpaired) electrons. The summed E-state index contributed by atoms with van der Waals surface area (Å²) in [6, 6.07) is 28.1. The Bertz CT molecular complexity index is 1020. The van der Waals surface area contributed by atoms with Gasteiger partial charge < -0.3 is 10.5 Å². The molecule has 0 aliphatic rings. The number of aromatic nitrogens is 2. The second kappa shape index (κ2) is 7.79. The van der Waals surface area contributed by atoms with Gasteiger partial charge in [-0.3, -0.25) is 5.10 Å². The van der Waals surface area contributed by atoms with Crippen LogP contribution in [0.5, 0.6) is 5.75 Å². The zero-order valence-corrected chi connectivity index (χ0v) is 14.9. The first-order chi connectivity index (χ1) is 13.3. The van der Waals surface area contributed by atoms with Gasteiger partial charge in [-0.1, -0.05) is 60.7 Å². The van der Waals surface area contributed by atoms with Gasteiger partial charge in [0.2, 0.25) is 0 Å². The molecule has 27 heavy (non-hydrogen) atoms. The summed E-state index contributed by atoms with van der Waals surface area (Å²) in [4.78, 5) is 0. The molecule has 4 rings (SSSR count). The van der Waals surface area contributed by atoms with Gasteiger partial charge in [-0.05, 0) is 29.8 Å². The van der Waals surface area contributed by atoms with Crippen molar-refractivity contribution in [3.63, 3.8) is 0 Å². The Labute approximate surface area is 158 Å². The molecular weight excluding hydrogens is 334 g/mol. The average molecular weight is 355 g/mol. The second-order valence-corrected chi connectivity index (χ2v) is 6.37. The summed E-state index contributed by atoms with van der Waals surface area (Å²) in [5, 5.41) is 7.51. The topological polar surface area (TPSA) is 63.9 Å². The largest absolute Gasteiger partial charge is 0.493 e. The number of aromatic amines is 1. The summed E-state index contributed by atoms with van der Waals surface area (Å²) in [6.45, 7) is 0.639. The number of H-pyrrole nitrogens is 1. The molecule has 0 aliphatic heterocycles. The Morgan fingerprint density at radius 3 is 2.52 bits per heavy atom. The van der Waals surface area contributed by atoms with Crippen LogP contribution in [0.25, 0.3) is 22.5 Å². The van der Waals surface area contributed by atoms with Gasteiger partial charge in [-0.2, -0.15) is 5.10 Å². The minimum Gasteiger partial charge on any atom is -0.493 e. The maximum absolute atomic E-state index is 6.06. The lowest BCUT2D eigenvalue weighted by molar-refractivity contribution is 0.322. The van der Waals surface area contributed by atoms with Gasteiger partial charge in [0.15, 0.2) is 0 Å². The van der Waals surface area contributed by atoms with Gasteiger partial charge in [0.1, 0.15) is 5.75 Å². The summed E-state index contributed by atoms with van der Waals surface area (Å²) >= 11 is 0. The molecule has 1 heterocycles. The maximum Gasteiger partial charge on any atom is 0.119 e. The Hall–Kier alpha value is -3.53. The average Bonchev–Trinajstić information content (AvgIpc) is 3.19. The van der Waals surface area contributed by atoms with E-state index in [0.717, 1.165) is 40.4 Å². The molecule has 4 aromatic rings. The number of ether oxygens (including phenoxy) is 1. The molecule has 0 bridgehead atoms. The molecule has 1 aromatic heterocycles.